The summed E-state index contributed by atoms with van der Waals surface area (Å²) in [5.41, 5.74) is 4.22. The average molecular weight is 313 g/mol. The number of hydrazone groups is 1. The number of carbonyl (C=O) groups excluding carboxylic acids is 1. The molecule has 0 aliphatic carbocycles. The third-order valence-electron chi connectivity index (χ3n) is 3.24. The molecule has 0 heterocycles. The fourth-order valence-corrected chi connectivity index (χ4v) is 2.00. The molecule has 0 unspecified atom stereocenters. The topological polar surface area (TPSA) is 105 Å². The van der Waals surface area contributed by atoms with Gasteiger partial charge >= 0.3 is 0 Å². The Morgan fingerprint density at radius 1 is 1.22 bits per heavy atom. The summed E-state index contributed by atoms with van der Waals surface area (Å²) in [7, 11) is 0. The number of hydrogen-bond donors (Lipinski definition) is 2. The molecule has 2 N–H and O–H groups in total. The summed E-state index contributed by atoms with van der Waals surface area (Å²) in [5, 5.41) is 24.2. The zero-order valence-corrected chi connectivity index (χ0v) is 12.6. The van der Waals surface area contributed by atoms with Crippen molar-refractivity contribution in [2.45, 2.75) is 13.8 Å². The van der Waals surface area contributed by atoms with Crippen molar-refractivity contribution in [3.05, 3.63) is 69.3 Å². The third kappa shape index (κ3) is 3.91. The van der Waals surface area contributed by atoms with Gasteiger partial charge in [0.15, 0.2) is 0 Å². The number of rotatable bonds is 4. The van der Waals surface area contributed by atoms with Crippen LogP contribution in [0.1, 0.15) is 28.4 Å². The second-order valence-corrected chi connectivity index (χ2v) is 4.95. The minimum Gasteiger partial charge on any atom is -0.508 e. The first-order valence-corrected chi connectivity index (χ1v) is 6.77. The van der Waals surface area contributed by atoms with Gasteiger partial charge in [-0.2, -0.15) is 5.10 Å². The summed E-state index contributed by atoms with van der Waals surface area (Å²) in [4.78, 5) is 22.3. The monoisotopic (exact) mass is 313 g/mol. The van der Waals surface area contributed by atoms with Crippen molar-refractivity contribution < 1.29 is 14.8 Å². The number of aromatic hydroxyl groups is 1. The van der Waals surface area contributed by atoms with Gasteiger partial charge in [-0.15, -0.1) is 0 Å². The predicted molar refractivity (Wildman–Crippen MR) is 85.6 cm³/mol. The van der Waals surface area contributed by atoms with Crippen LogP contribution in [0.15, 0.2) is 47.6 Å². The zero-order valence-electron chi connectivity index (χ0n) is 12.6. The van der Waals surface area contributed by atoms with E-state index in [1.807, 2.05) is 0 Å². The van der Waals surface area contributed by atoms with Gasteiger partial charge in [-0.05, 0) is 38.1 Å². The second-order valence-electron chi connectivity index (χ2n) is 4.95. The van der Waals surface area contributed by atoms with Gasteiger partial charge in [0.05, 0.1) is 10.6 Å². The van der Waals surface area contributed by atoms with Crippen LogP contribution in [0.25, 0.3) is 0 Å². The fourth-order valence-electron chi connectivity index (χ4n) is 2.00. The van der Waals surface area contributed by atoms with Gasteiger partial charge in [0, 0.05) is 22.8 Å². The van der Waals surface area contributed by atoms with Crippen LogP contribution >= 0.6 is 0 Å². The largest absolute Gasteiger partial charge is 0.508 e. The maximum Gasteiger partial charge on any atom is 0.272 e. The average Bonchev–Trinajstić information content (AvgIpc) is 2.51. The lowest BCUT2D eigenvalue weighted by Crippen LogP contribution is -2.19. The lowest BCUT2D eigenvalue weighted by atomic mass is 10.1. The molecule has 0 aliphatic rings. The van der Waals surface area contributed by atoms with Crippen LogP contribution in [0, 0.1) is 17.0 Å². The molecule has 0 saturated heterocycles. The first kappa shape index (κ1) is 16.2. The van der Waals surface area contributed by atoms with Crippen LogP contribution < -0.4 is 5.43 Å². The minimum absolute atomic E-state index is 0.0407. The molecule has 0 spiro atoms. The Kier molecular flexibility index (Phi) is 4.70. The molecule has 0 aliphatic heterocycles. The maximum absolute atomic E-state index is 12.0. The lowest BCUT2D eigenvalue weighted by molar-refractivity contribution is -0.385. The van der Waals surface area contributed by atoms with Gasteiger partial charge < -0.3 is 5.11 Å². The van der Waals surface area contributed by atoms with Crippen LogP contribution in [-0.4, -0.2) is 21.6 Å². The van der Waals surface area contributed by atoms with E-state index in [2.05, 4.69) is 10.5 Å². The summed E-state index contributed by atoms with van der Waals surface area (Å²) < 4.78 is 0. The number of aryl methyl sites for hydroxylation is 1. The van der Waals surface area contributed by atoms with Crippen molar-refractivity contribution in [3.8, 4) is 5.75 Å². The number of nitrogens with zero attached hydrogens (tertiary/aromatic N) is 2. The fraction of sp³-hybridized carbons (Fsp3) is 0.125. The molecule has 1 amide bonds. The van der Waals surface area contributed by atoms with Crippen molar-refractivity contribution in [1.29, 1.82) is 0 Å². The number of hydrogen-bond acceptors (Lipinski definition) is 5. The Morgan fingerprint density at radius 3 is 2.57 bits per heavy atom. The van der Waals surface area contributed by atoms with E-state index < -0.39 is 10.8 Å². The normalized spacial score (nSPS) is 11.1. The van der Waals surface area contributed by atoms with Gasteiger partial charge in [0.2, 0.25) is 0 Å². The molecular weight excluding hydrogens is 298 g/mol. The summed E-state index contributed by atoms with van der Waals surface area (Å²) in [6.07, 6.45) is 0. The van der Waals surface area contributed by atoms with Crippen molar-refractivity contribution in [3.63, 3.8) is 0 Å². The molecule has 118 valence electrons. The second kappa shape index (κ2) is 6.69. The van der Waals surface area contributed by atoms with Crippen molar-refractivity contribution in [1.82, 2.24) is 5.43 Å². The van der Waals surface area contributed by atoms with E-state index in [1.165, 1.54) is 30.3 Å². The molecule has 2 aromatic carbocycles. The van der Waals surface area contributed by atoms with Gasteiger partial charge in [-0.3, -0.25) is 14.9 Å². The number of phenols is 1. The Morgan fingerprint density at radius 2 is 1.96 bits per heavy atom. The summed E-state index contributed by atoms with van der Waals surface area (Å²) in [5.74, 6) is -0.364. The highest BCUT2D eigenvalue weighted by molar-refractivity contribution is 6.01. The third-order valence-corrected chi connectivity index (χ3v) is 3.24. The molecule has 0 saturated carbocycles. The smallest absolute Gasteiger partial charge is 0.272 e. The number of nitro groups is 1. The van der Waals surface area contributed by atoms with E-state index in [1.54, 1.807) is 26.0 Å². The van der Waals surface area contributed by atoms with Crippen molar-refractivity contribution >= 4 is 17.3 Å². The summed E-state index contributed by atoms with van der Waals surface area (Å²) in [6.45, 7) is 3.26. The van der Waals surface area contributed by atoms with Crippen LogP contribution in [0.3, 0.4) is 0 Å². The van der Waals surface area contributed by atoms with E-state index in [-0.39, 0.29) is 17.0 Å². The van der Waals surface area contributed by atoms with E-state index in [0.29, 0.717) is 16.8 Å². The van der Waals surface area contributed by atoms with E-state index >= 15 is 0 Å². The number of benzene rings is 2. The molecule has 0 bridgehead atoms. The molecule has 0 atom stereocenters. The molecule has 0 fully saturated rings. The Labute approximate surface area is 132 Å². The van der Waals surface area contributed by atoms with Gasteiger partial charge in [-0.25, -0.2) is 5.43 Å². The minimum atomic E-state index is -0.499. The van der Waals surface area contributed by atoms with Crippen molar-refractivity contribution in [2.24, 2.45) is 5.10 Å². The number of carbonyl (C=O) groups is 1. The SMILES string of the molecule is C/C(=N\NC(=O)c1ccc([N+](=O)[O-])c(C)c1)c1cccc(O)c1. The zero-order chi connectivity index (χ0) is 17.0. The molecule has 0 aromatic heterocycles. The predicted octanol–water partition coefficient (Wildman–Crippen LogP) is 2.76. The molecule has 2 rings (SSSR count). The number of amides is 1. The van der Waals surface area contributed by atoms with Crippen LogP contribution in [-0.2, 0) is 0 Å². The molecule has 7 heteroatoms. The highest BCUT2D eigenvalue weighted by atomic mass is 16.6. The highest BCUT2D eigenvalue weighted by Gasteiger charge is 2.13. The number of phenolic OH excluding ortho intramolecular Hbond substituents is 1. The van der Waals surface area contributed by atoms with Crippen LogP contribution in [0.5, 0.6) is 5.75 Å². The molecule has 7 nitrogen and oxygen atoms in total. The van der Waals surface area contributed by atoms with E-state index in [9.17, 15) is 20.0 Å². The lowest BCUT2D eigenvalue weighted by Gasteiger charge is -2.04. The molecule has 23 heavy (non-hydrogen) atoms. The maximum atomic E-state index is 12.0. The summed E-state index contributed by atoms with van der Waals surface area (Å²) >= 11 is 0. The number of nitrogens with one attached hydrogen (secondary N) is 1. The summed E-state index contributed by atoms with van der Waals surface area (Å²) in [6, 6.07) is 10.6. The molecule has 2 aromatic rings. The van der Waals surface area contributed by atoms with Gasteiger partial charge in [0.1, 0.15) is 5.75 Å². The quantitative estimate of drug-likeness (QED) is 0.514. The van der Waals surface area contributed by atoms with Gasteiger partial charge in [-0.1, -0.05) is 12.1 Å². The van der Waals surface area contributed by atoms with Crippen molar-refractivity contribution in [2.75, 3.05) is 0 Å². The first-order valence-electron chi connectivity index (χ1n) is 6.77. The standard InChI is InChI=1S/C16H15N3O4/c1-10-8-13(6-7-15(10)19(22)23)16(21)18-17-11(2)12-4-3-5-14(20)9-12/h3-9,20H,1-2H3,(H,18,21)/b17-11+. The van der Waals surface area contributed by atoms with Crippen LogP contribution in [0.4, 0.5) is 5.69 Å². The highest BCUT2D eigenvalue weighted by Crippen LogP contribution is 2.18. The first-order chi connectivity index (χ1) is 10.9. The van der Waals surface area contributed by atoms with E-state index in [0.717, 1.165) is 0 Å². The Bertz CT molecular complexity index is 800. The number of nitro benzene ring substituents is 1. The van der Waals surface area contributed by atoms with Crippen LogP contribution in [0.2, 0.25) is 0 Å². The van der Waals surface area contributed by atoms with Gasteiger partial charge in [0.25, 0.3) is 11.6 Å². The van der Waals surface area contributed by atoms with E-state index in [4.69, 9.17) is 0 Å². The molecular formula is C16H15N3O4. The Balaban J connectivity index is 2.14. The Hall–Kier alpha value is -3.22. The molecule has 0 radical (unpaired) electrons.